The predicted octanol–water partition coefficient (Wildman–Crippen LogP) is 2.09. The molecule has 6 nitrogen and oxygen atoms in total. The van der Waals surface area contributed by atoms with Gasteiger partial charge in [0.2, 0.25) is 0 Å². The average molecular weight is 296 g/mol. The number of halogens is 3. The smallest absolute Gasteiger partial charge is 0.382 e. The molecule has 0 radical (unpaired) electrons. The number of alkyl halides is 3. The van der Waals surface area contributed by atoms with Crippen LogP contribution in [0.15, 0.2) is 24.5 Å². The standard InChI is InChI=1S/C12H11F3N6/c13-12(14,15)3-6-19-11-9(7-16)10(17)21(20-11)8-1-4-18-5-2-8/h1-2,4-5H,3,6,17H2,(H,19,20). The van der Waals surface area contributed by atoms with Crippen LogP contribution in [0.25, 0.3) is 5.69 Å². The van der Waals surface area contributed by atoms with Crippen molar-refractivity contribution < 1.29 is 13.2 Å². The van der Waals surface area contributed by atoms with Crippen LogP contribution in [0, 0.1) is 11.3 Å². The van der Waals surface area contributed by atoms with Gasteiger partial charge in [-0.1, -0.05) is 0 Å². The van der Waals surface area contributed by atoms with Crippen LogP contribution in [0.2, 0.25) is 0 Å². The summed E-state index contributed by atoms with van der Waals surface area (Å²) in [5.41, 5.74) is 6.37. The molecule has 0 saturated heterocycles. The zero-order valence-corrected chi connectivity index (χ0v) is 10.7. The maximum absolute atomic E-state index is 12.1. The number of aromatic nitrogens is 3. The van der Waals surface area contributed by atoms with E-state index >= 15 is 0 Å². The second kappa shape index (κ2) is 5.70. The van der Waals surface area contributed by atoms with Crippen LogP contribution < -0.4 is 11.1 Å². The van der Waals surface area contributed by atoms with E-state index in [-0.39, 0.29) is 23.7 Å². The number of pyridine rings is 1. The average Bonchev–Trinajstić information content (AvgIpc) is 2.74. The number of rotatable bonds is 4. The lowest BCUT2D eigenvalue weighted by molar-refractivity contribution is -0.131. The molecule has 2 heterocycles. The quantitative estimate of drug-likeness (QED) is 0.901. The largest absolute Gasteiger partial charge is 0.390 e. The molecule has 0 atom stereocenters. The van der Waals surface area contributed by atoms with Gasteiger partial charge in [0.15, 0.2) is 5.82 Å². The summed E-state index contributed by atoms with van der Waals surface area (Å²) in [4.78, 5) is 3.84. The zero-order chi connectivity index (χ0) is 15.5. The predicted molar refractivity (Wildman–Crippen MR) is 69.6 cm³/mol. The molecular formula is C12H11F3N6. The summed E-state index contributed by atoms with van der Waals surface area (Å²) in [6.07, 6.45) is -2.28. The lowest BCUT2D eigenvalue weighted by Crippen LogP contribution is -2.15. The fourth-order valence-corrected chi connectivity index (χ4v) is 1.67. The molecule has 2 aromatic rings. The summed E-state index contributed by atoms with van der Waals surface area (Å²) in [7, 11) is 0. The summed E-state index contributed by atoms with van der Waals surface area (Å²) in [6.45, 7) is -0.384. The second-order valence-corrected chi connectivity index (χ2v) is 4.13. The number of nitrogens with zero attached hydrogens (tertiary/aromatic N) is 4. The fraction of sp³-hybridized carbons (Fsp3) is 0.250. The van der Waals surface area contributed by atoms with Crippen molar-refractivity contribution in [2.24, 2.45) is 0 Å². The minimum Gasteiger partial charge on any atom is -0.382 e. The van der Waals surface area contributed by atoms with E-state index in [4.69, 9.17) is 11.0 Å². The number of nitrogens with two attached hydrogens (primary N) is 1. The van der Waals surface area contributed by atoms with Crippen LogP contribution >= 0.6 is 0 Å². The highest BCUT2D eigenvalue weighted by Crippen LogP contribution is 2.25. The first-order valence-electron chi connectivity index (χ1n) is 5.92. The highest BCUT2D eigenvalue weighted by Gasteiger charge is 2.27. The SMILES string of the molecule is N#Cc1c(NCCC(F)(F)F)nn(-c2ccncc2)c1N. The van der Waals surface area contributed by atoms with Crippen LogP contribution in [0.5, 0.6) is 0 Å². The van der Waals surface area contributed by atoms with Crippen molar-refractivity contribution in [3.05, 3.63) is 30.1 Å². The third-order valence-corrected chi connectivity index (χ3v) is 2.64. The van der Waals surface area contributed by atoms with Gasteiger partial charge in [-0.05, 0) is 12.1 Å². The fourth-order valence-electron chi connectivity index (χ4n) is 1.67. The number of hydrogen-bond donors (Lipinski definition) is 2. The van der Waals surface area contributed by atoms with Crippen molar-refractivity contribution >= 4 is 11.6 Å². The zero-order valence-electron chi connectivity index (χ0n) is 10.7. The summed E-state index contributed by atoms with van der Waals surface area (Å²) in [5, 5.41) is 15.6. The molecule has 0 aliphatic heterocycles. The van der Waals surface area contributed by atoms with Crippen LogP contribution in [0.1, 0.15) is 12.0 Å². The first-order valence-corrected chi connectivity index (χ1v) is 5.92. The van der Waals surface area contributed by atoms with Crippen molar-refractivity contribution in [1.29, 1.82) is 5.26 Å². The molecule has 0 amide bonds. The van der Waals surface area contributed by atoms with Crippen LogP contribution in [0.4, 0.5) is 24.8 Å². The van der Waals surface area contributed by atoms with Gasteiger partial charge in [0.1, 0.15) is 17.5 Å². The molecule has 0 aliphatic rings. The molecule has 0 unspecified atom stereocenters. The molecule has 3 N–H and O–H groups in total. The minimum atomic E-state index is -4.28. The first kappa shape index (κ1) is 14.6. The van der Waals surface area contributed by atoms with Gasteiger partial charge in [-0.25, -0.2) is 4.68 Å². The highest BCUT2D eigenvalue weighted by atomic mass is 19.4. The molecule has 0 bridgehead atoms. The maximum atomic E-state index is 12.1. The maximum Gasteiger partial charge on any atom is 0.390 e. The summed E-state index contributed by atoms with van der Waals surface area (Å²) in [5.74, 6) is 0.0780. The van der Waals surface area contributed by atoms with E-state index in [9.17, 15) is 13.2 Å². The van der Waals surface area contributed by atoms with E-state index in [1.807, 2.05) is 6.07 Å². The Hall–Kier alpha value is -2.76. The molecule has 9 heteroatoms. The highest BCUT2D eigenvalue weighted by molar-refractivity contribution is 5.65. The molecule has 0 saturated carbocycles. The van der Waals surface area contributed by atoms with Crippen molar-refractivity contribution in [2.75, 3.05) is 17.6 Å². The van der Waals surface area contributed by atoms with E-state index in [0.29, 0.717) is 5.69 Å². The van der Waals surface area contributed by atoms with Gasteiger partial charge in [0.05, 0.1) is 12.1 Å². The second-order valence-electron chi connectivity index (χ2n) is 4.13. The van der Waals surface area contributed by atoms with Gasteiger partial charge >= 0.3 is 6.18 Å². The number of nitrogen functional groups attached to an aromatic ring is 1. The van der Waals surface area contributed by atoms with Gasteiger partial charge in [0.25, 0.3) is 0 Å². The molecular weight excluding hydrogens is 285 g/mol. The van der Waals surface area contributed by atoms with Gasteiger partial charge in [-0.2, -0.15) is 18.4 Å². The number of hydrogen-bond acceptors (Lipinski definition) is 5. The number of nitriles is 1. The van der Waals surface area contributed by atoms with Crippen molar-refractivity contribution in [3.63, 3.8) is 0 Å². The molecule has 0 fully saturated rings. The Morgan fingerprint density at radius 3 is 2.57 bits per heavy atom. The monoisotopic (exact) mass is 296 g/mol. The third kappa shape index (κ3) is 3.42. The Kier molecular flexibility index (Phi) is 3.98. The van der Waals surface area contributed by atoms with E-state index in [0.717, 1.165) is 0 Å². The third-order valence-electron chi connectivity index (χ3n) is 2.64. The Morgan fingerprint density at radius 1 is 1.33 bits per heavy atom. The Labute approximate surface area is 118 Å². The Morgan fingerprint density at radius 2 is 2.00 bits per heavy atom. The molecule has 2 rings (SSSR count). The van der Waals surface area contributed by atoms with Gasteiger partial charge in [-0.15, -0.1) is 5.10 Å². The van der Waals surface area contributed by atoms with Gasteiger partial charge < -0.3 is 11.1 Å². The van der Waals surface area contributed by atoms with Crippen molar-refractivity contribution in [3.8, 4) is 11.8 Å². The molecule has 21 heavy (non-hydrogen) atoms. The van der Waals surface area contributed by atoms with Crippen LogP contribution in [-0.4, -0.2) is 27.5 Å². The lowest BCUT2D eigenvalue weighted by atomic mass is 10.3. The van der Waals surface area contributed by atoms with Gasteiger partial charge in [0, 0.05) is 18.9 Å². The molecule has 110 valence electrons. The van der Waals surface area contributed by atoms with Crippen molar-refractivity contribution in [2.45, 2.75) is 12.6 Å². The topological polar surface area (TPSA) is 92.5 Å². The molecule has 2 aromatic heterocycles. The summed E-state index contributed by atoms with van der Waals surface area (Å²) >= 11 is 0. The normalized spacial score (nSPS) is 11.1. The van der Waals surface area contributed by atoms with E-state index in [1.54, 1.807) is 12.1 Å². The van der Waals surface area contributed by atoms with Gasteiger partial charge in [-0.3, -0.25) is 4.98 Å². The molecule has 0 aliphatic carbocycles. The summed E-state index contributed by atoms with van der Waals surface area (Å²) in [6, 6.07) is 5.06. The van der Waals surface area contributed by atoms with Crippen molar-refractivity contribution in [1.82, 2.24) is 14.8 Å². The first-order chi connectivity index (χ1) is 9.92. The number of nitrogens with one attached hydrogen (secondary N) is 1. The van der Waals surface area contributed by atoms with Crippen LogP contribution in [0.3, 0.4) is 0 Å². The van der Waals surface area contributed by atoms with E-state index < -0.39 is 12.6 Å². The van der Waals surface area contributed by atoms with Crippen LogP contribution in [-0.2, 0) is 0 Å². The Bertz CT molecular complexity index is 656. The Balaban J connectivity index is 2.25. The lowest BCUT2D eigenvalue weighted by Gasteiger charge is -2.06. The minimum absolute atomic E-state index is 0.00832. The van der Waals surface area contributed by atoms with E-state index in [2.05, 4.69) is 15.4 Å². The molecule has 0 aromatic carbocycles. The summed E-state index contributed by atoms with van der Waals surface area (Å²) < 4.78 is 37.7. The molecule has 0 spiro atoms. The number of anilines is 2. The van der Waals surface area contributed by atoms with E-state index in [1.165, 1.54) is 17.1 Å².